The molecule has 0 aliphatic heterocycles. The SMILES string of the molecule is Cc1nn(C)c(C)c1-n1c(=O)n(C)c2cnc3ccc(-c4cnc(N)nc4)cc3c21. The molecule has 1 aromatic carbocycles. The van der Waals surface area contributed by atoms with E-state index in [9.17, 15) is 4.79 Å². The molecule has 0 atom stereocenters. The summed E-state index contributed by atoms with van der Waals surface area (Å²) in [4.78, 5) is 26.0. The van der Waals surface area contributed by atoms with Crippen molar-refractivity contribution in [2.75, 3.05) is 5.73 Å². The quantitative estimate of drug-likeness (QED) is 0.487. The molecular weight excluding hydrogens is 380 g/mol. The van der Waals surface area contributed by atoms with Crippen molar-refractivity contribution in [1.29, 1.82) is 0 Å². The maximum absolute atomic E-state index is 13.3. The minimum absolute atomic E-state index is 0.139. The fraction of sp³-hybridized carbons (Fsp3) is 0.190. The van der Waals surface area contributed by atoms with E-state index in [0.717, 1.165) is 50.1 Å². The fourth-order valence-electron chi connectivity index (χ4n) is 3.96. The lowest BCUT2D eigenvalue weighted by atomic mass is 10.1. The van der Waals surface area contributed by atoms with Gasteiger partial charge in [-0.2, -0.15) is 5.10 Å². The molecule has 4 aromatic heterocycles. The number of nitrogens with zero attached hydrogens (tertiary/aromatic N) is 7. The largest absolute Gasteiger partial charge is 0.368 e. The molecule has 5 rings (SSSR count). The van der Waals surface area contributed by atoms with Crippen molar-refractivity contribution in [3.63, 3.8) is 0 Å². The Morgan fingerprint density at radius 2 is 1.70 bits per heavy atom. The van der Waals surface area contributed by atoms with E-state index in [2.05, 4.69) is 20.1 Å². The van der Waals surface area contributed by atoms with Gasteiger partial charge in [-0.1, -0.05) is 6.07 Å². The van der Waals surface area contributed by atoms with Crippen molar-refractivity contribution in [3.8, 4) is 16.8 Å². The van der Waals surface area contributed by atoms with Crippen molar-refractivity contribution in [1.82, 2.24) is 33.9 Å². The number of pyridine rings is 1. The summed E-state index contributed by atoms with van der Waals surface area (Å²) in [6.45, 7) is 3.87. The van der Waals surface area contributed by atoms with Crippen LogP contribution in [0.2, 0.25) is 0 Å². The molecule has 0 spiro atoms. The summed E-state index contributed by atoms with van der Waals surface area (Å²) in [5, 5.41) is 5.36. The molecule has 0 saturated heterocycles. The zero-order valence-corrected chi connectivity index (χ0v) is 17.1. The number of rotatable bonds is 2. The Balaban J connectivity index is 1.91. The minimum Gasteiger partial charge on any atom is -0.368 e. The highest BCUT2D eigenvalue weighted by Crippen LogP contribution is 2.30. The molecule has 0 fully saturated rings. The van der Waals surface area contributed by atoms with E-state index in [0.29, 0.717) is 0 Å². The zero-order chi connectivity index (χ0) is 21.2. The second kappa shape index (κ2) is 6.24. The van der Waals surface area contributed by atoms with Gasteiger partial charge in [-0.25, -0.2) is 14.8 Å². The lowest BCUT2D eigenvalue weighted by molar-refractivity contribution is 0.730. The third-order valence-electron chi connectivity index (χ3n) is 5.58. The number of nitrogen functional groups attached to an aromatic ring is 1. The van der Waals surface area contributed by atoms with Gasteiger partial charge in [-0.15, -0.1) is 0 Å². The molecule has 0 radical (unpaired) electrons. The molecule has 0 amide bonds. The summed E-state index contributed by atoms with van der Waals surface area (Å²) in [7, 11) is 3.63. The van der Waals surface area contributed by atoms with E-state index in [1.807, 2.05) is 39.1 Å². The second-order valence-electron chi connectivity index (χ2n) is 7.37. The summed E-state index contributed by atoms with van der Waals surface area (Å²) in [6.07, 6.45) is 5.11. The molecule has 30 heavy (non-hydrogen) atoms. The topological polar surface area (TPSA) is 109 Å². The first-order chi connectivity index (χ1) is 14.4. The minimum atomic E-state index is -0.139. The van der Waals surface area contributed by atoms with E-state index in [1.165, 1.54) is 0 Å². The average Bonchev–Trinajstić information content (AvgIpc) is 3.14. The zero-order valence-electron chi connectivity index (χ0n) is 17.1. The summed E-state index contributed by atoms with van der Waals surface area (Å²) in [5.74, 6) is 0.225. The molecule has 2 N–H and O–H groups in total. The molecule has 5 aromatic rings. The van der Waals surface area contributed by atoms with Gasteiger partial charge in [0.1, 0.15) is 0 Å². The Bertz CT molecular complexity index is 1500. The molecule has 0 aliphatic rings. The lowest BCUT2D eigenvalue weighted by Gasteiger charge is -2.08. The van der Waals surface area contributed by atoms with Crippen LogP contribution in [-0.2, 0) is 14.1 Å². The van der Waals surface area contributed by atoms with E-state index >= 15 is 0 Å². The first kappa shape index (κ1) is 18.0. The molecule has 0 saturated carbocycles. The van der Waals surface area contributed by atoms with Gasteiger partial charge in [0.05, 0.1) is 39.8 Å². The van der Waals surface area contributed by atoms with Crippen LogP contribution >= 0.6 is 0 Å². The smallest absolute Gasteiger partial charge is 0.333 e. The van der Waals surface area contributed by atoms with Crippen LogP contribution in [0.25, 0.3) is 38.8 Å². The highest BCUT2D eigenvalue weighted by molar-refractivity contribution is 6.04. The van der Waals surface area contributed by atoms with Gasteiger partial charge >= 0.3 is 5.69 Å². The number of fused-ring (bicyclic) bond motifs is 3. The predicted molar refractivity (Wildman–Crippen MR) is 115 cm³/mol. The Hall–Kier alpha value is -4.01. The molecule has 150 valence electrons. The van der Waals surface area contributed by atoms with Crippen LogP contribution in [0.1, 0.15) is 11.4 Å². The molecular formula is C21H20N8O. The summed E-state index contributed by atoms with van der Waals surface area (Å²) < 4.78 is 5.14. The van der Waals surface area contributed by atoms with Crippen LogP contribution in [0, 0.1) is 13.8 Å². The number of aromatic nitrogens is 7. The van der Waals surface area contributed by atoms with Gasteiger partial charge in [0, 0.05) is 37.4 Å². The summed E-state index contributed by atoms with van der Waals surface area (Å²) >= 11 is 0. The first-order valence-corrected chi connectivity index (χ1v) is 9.45. The van der Waals surface area contributed by atoms with Crippen LogP contribution in [-0.4, -0.2) is 33.9 Å². The number of anilines is 1. The Kier molecular flexibility index (Phi) is 3.76. The number of aryl methyl sites for hydroxylation is 3. The second-order valence-corrected chi connectivity index (χ2v) is 7.37. The van der Waals surface area contributed by atoms with Crippen LogP contribution in [0.4, 0.5) is 5.95 Å². The molecule has 9 heteroatoms. The van der Waals surface area contributed by atoms with Crippen molar-refractivity contribution in [2.45, 2.75) is 13.8 Å². The van der Waals surface area contributed by atoms with Crippen molar-refractivity contribution >= 4 is 27.9 Å². The molecule has 9 nitrogen and oxygen atoms in total. The van der Waals surface area contributed by atoms with E-state index in [1.54, 1.807) is 39.5 Å². The van der Waals surface area contributed by atoms with Crippen LogP contribution in [0.5, 0.6) is 0 Å². The highest BCUT2D eigenvalue weighted by Gasteiger charge is 2.21. The molecule has 4 heterocycles. The van der Waals surface area contributed by atoms with Crippen molar-refractivity contribution in [3.05, 3.63) is 58.7 Å². The third-order valence-corrected chi connectivity index (χ3v) is 5.58. The lowest BCUT2D eigenvalue weighted by Crippen LogP contribution is -2.21. The summed E-state index contributed by atoms with van der Waals surface area (Å²) in [6, 6.07) is 5.91. The van der Waals surface area contributed by atoms with Crippen molar-refractivity contribution < 1.29 is 0 Å². The van der Waals surface area contributed by atoms with Crippen molar-refractivity contribution in [2.24, 2.45) is 14.1 Å². The van der Waals surface area contributed by atoms with Crippen LogP contribution in [0.15, 0.2) is 41.6 Å². The normalized spacial score (nSPS) is 11.6. The van der Waals surface area contributed by atoms with Gasteiger partial charge in [-0.05, 0) is 31.5 Å². The average molecular weight is 400 g/mol. The Morgan fingerprint density at radius 3 is 2.37 bits per heavy atom. The third kappa shape index (κ3) is 2.45. The van der Waals surface area contributed by atoms with Crippen LogP contribution in [0.3, 0.4) is 0 Å². The highest BCUT2D eigenvalue weighted by atomic mass is 16.1. The standard InChI is InChI=1S/C21H20N8O/c1-11-18(12(2)28(4)26-11)29-19-15-7-13(14-8-24-20(22)25-9-14)5-6-16(15)23-10-17(19)27(3)21(29)30/h5-10H,1-4H3,(H2,22,24,25). The Morgan fingerprint density at radius 1 is 0.967 bits per heavy atom. The van der Waals surface area contributed by atoms with Gasteiger partial charge in [0.2, 0.25) is 5.95 Å². The summed E-state index contributed by atoms with van der Waals surface area (Å²) in [5.41, 5.74) is 12.1. The molecule has 0 aliphatic carbocycles. The predicted octanol–water partition coefficient (Wildman–Crippen LogP) is 2.27. The van der Waals surface area contributed by atoms with E-state index in [4.69, 9.17) is 5.73 Å². The maximum atomic E-state index is 13.3. The fourth-order valence-corrected chi connectivity index (χ4v) is 3.96. The molecule has 0 bridgehead atoms. The van der Waals surface area contributed by atoms with Crippen LogP contribution < -0.4 is 11.4 Å². The van der Waals surface area contributed by atoms with Gasteiger partial charge < -0.3 is 5.73 Å². The van der Waals surface area contributed by atoms with Gasteiger partial charge in [0.25, 0.3) is 0 Å². The van der Waals surface area contributed by atoms with E-state index < -0.39 is 0 Å². The number of hydrogen-bond acceptors (Lipinski definition) is 6. The molecule has 0 unspecified atom stereocenters. The number of imidazole rings is 1. The first-order valence-electron chi connectivity index (χ1n) is 9.45. The van der Waals surface area contributed by atoms with E-state index in [-0.39, 0.29) is 11.6 Å². The van der Waals surface area contributed by atoms with Gasteiger partial charge in [-0.3, -0.25) is 18.8 Å². The Labute approximate surface area is 171 Å². The van der Waals surface area contributed by atoms with Gasteiger partial charge in [0.15, 0.2) is 0 Å². The monoisotopic (exact) mass is 400 g/mol. The number of nitrogens with two attached hydrogens (primary N) is 1. The number of benzene rings is 1. The maximum Gasteiger partial charge on any atom is 0.333 e. The number of hydrogen-bond donors (Lipinski definition) is 1.